The van der Waals surface area contributed by atoms with E-state index in [1.807, 2.05) is 0 Å². The molecular weight excluding hydrogens is 248 g/mol. The zero-order valence-electron chi connectivity index (χ0n) is 12.0. The van der Waals surface area contributed by atoms with Crippen LogP contribution in [-0.2, 0) is 9.53 Å². The molecule has 19 heavy (non-hydrogen) atoms. The van der Waals surface area contributed by atoms with Crippen LogP contribution in [0.15, 0.2) is 12.3 Å². The molecule has 0 heterocycles. The third-order valence-electron chi connectivity index (χ3n) is 1.92. The first kappa shape index (κ1) is 17.1. The average Bonchev–Trinajstić information content (AvgIpc) is 2.24. The Hall–Kier alpha value is -1.89. The molecular formula is C12H22N4O3. The van der Waals surface area contributed by atoms with Gasteiger partial charge in [0.25, 0.3) is 0 Å². The van der Waals surface area contributed by atoms with Crippen molar-refractivity contribution in [3.8, 4) is 0 Å². The van der Waals surface area contributed by atoms with E-state index in [4.69, 9.17) is 15.9 Å². The van der Waals surface area contributed by atoms with Crippen molar-refractivity contribution in [3.63, 3.8) is 0 Å². The molecule has 0 radical (unpaired) electrons. The van der Waals surface area contributed by atoms with Crippen LogP contribution in [0.4, 0.5) is 4.79 Å². The highest BCUT2D eigenvalue weighted by molar-refractivity contribution is 6.03. The van der Waals surface area contributed by atoms with Crippen LogP contribution in [0.1, 0.15) is 27.7 Å². The highest BCUT2D eigenvalue weighted by Gasteiger charge is 2.16. The topological polar surface area (TPSA) is 109 Å². The van der Waals surface area contributed by atoms with Crippen LogP contribution in [0.2, 0.25) is 0 Å². The van der Waals surface area contributed by atoms with E-state index in [0.29, 0.717) is 0 Å². The minimum atomic E-state index is -0.683. The number of carbonyl (C=O) groups excluding carboxylic acids is 2. The van der Waals surface area contributed by atoms with Crippen molar-refractivity contribution >= 4 is 17.8 Å². The summed E-state index contributed by atoms with van der Waals surface area (Å²) in [6.45, 7) is 6.77. The molecule has 0 rings (SSSR count). The number of nitrogens with zero attached hydrogens (tertiary/aromatic N) is 1. The zero-order valence-corrected chi connectivity index (χ0v) is 12.0. The van der Waals surface area contributed by atoms with E-state index < -0.39 is 17.7 Å². The summed E-state index contributed by atoms with van der Waals surface area (Å²) in [6.07, 6.45) is 1.88. The molecule has 0 aliphatic heterocycles. The number of nitrogens with one attached hydrogen (secondary N) is 2. The van der Waals surface area contributed by atoms with Gasteiger partial charge < -0.3 is 10.5 Å². The van der Waals surface area contributed by atoms with Crippen LogP contribution in [0.3, 0.4) is 0 Å². The number of carbonyl (C=O) groups is 2. The maximum Gasteiger partial charge on any atom is 0.411 e. The molecule has 7 nitrogen and oxygen atoms in total. The van der Waals surface area contributed by atoms with Crippen molar-refractivity contribution in [1.82, 2.24) is 10.2 Å². The first-order valence-corrected chi connectivity index (χ1v) is 5.82. The van der Waals surface area contributed by atoms with Gasteiger partial charge >= 0.3 is 6.09 Å². The lowest BCUT2D eigenvalue weighted by atomic mass is 10.2. The molecule has 0 aliphatic rings. The molecule has 7 heteroatoms. The van der Waals surface area contributed by atoms with Gasteiger partial charge in [0.2, 0.25) is 5.91 Å². The number of rotatable bonds is 3. The molecule has 0 saturated heterocycles. The Bertz CT molecular complexity index is 383. The Morgan fingerprint density at radius 2 is 1.95 bits per heavy atom. The highest BCUT2D eigenvalue weighted by Crippen LogP contribution is 2.06. The van der Waals surface area contributed by atoms with Crippen LogP contribution in [-0.4, -0.2) is 41.4 Å². The SMILES string of the molecule is C[C@H](N)C(=O)N(C)C(=N)/C=C\NC(=O)OC(C)(C)C. The van der Waals surface area contributed by atoms with Crippen LogP contribution >= 0.6 is 0 Å². The molecule has 0 fully saturated rings. The fraction of sp³-hybridized carbons (Fsp3) is 0.583. The maximum absolute atomic E-state index is 11.5. The number of ether oxygens (including phenoxy) is 1. The molecule has 0 bridgehead atoms. The molecule has 0 spiro atoms. The average molecular weight is 270 g/mol. The van der Waals surface area contributed by atoms with E-state index in [0.717, 1.165) is 4.90 Å². The first-order chi connectivity index (χ1) is 8.54. The number of alkyl carbamates (subject to hydrolysis) is 1. The smallest absolute Gasteiger partial charge is 0.411 e. The van der Waals surface area contributed by atoms with Gasteiger partial charge in [0.1, 0.15) is 11.4 Å². The fourth-order valence-corrected chi connectivity index (χ4v) is 1.03. The van der Waals surface area contributed by atoms with Gasteiger partial charge in [-0.15, -0.1) is 0 Å². The maximum atomic E-state index is 11.5. The first-order valence-electron chi connectivity index (χ1n) is 5.82. The molecule has 0 aromatic heterocycles. The number of amides is 2. The predicted molar refractivity (Wildman–Crippen MR) is 72.7 cm³/mol. The minimum Gasteiger partial charge on any atom is -0.444 e. The van der Waals surface area contributed by atoms with Crippen molar-refractivity contribution < 1.29 is 14.3 Å². The molecule has 2 amide bonds. The summed E-state index contributed by atoms with van der Waals surface area (Å²) in [5.74, 6) is -0.467. The summed E-state index contributed by atoms with van der Waals surface area (Å²) in [5, 5.41) is 9.95. The summed E-state index contributed by atoms with van der Waals surface area (Å²) in [7, 11) is 1.44. The number of nitrogens with two attached hydrogens (primary N) is 1. The van der Waals surface area contributed by atoms with E-state index >= 15 is 0 Å². The minimum absolute atomic E-state index is 0.0849. The predicted octanol–water partition coefficient (Wildman–Crippen LogP) is 0.808. The van der Waals surface area contributed by atoms with E-state index in [9.17, 15) is 9.59 Å². The lowest BCUT2D eigenvalue weighted by Gasteiger charge is -2.19. The molecule has 0 aromatic carbocycles. The number of hydrogen-bond acceptors (Lipinski definition) is 5. The molecule has 0 saturated carbocycles. The van der Waals surface area contributed by atoms with Crippen molar-refractivity contribution in [2.75, 3.05) is 7.05 Å². The number of likely N-dealkylation sites (N-methyl/N-ethyl adjacent to an activating group) is 1. The van der Waals surface area contributed by atoms with Gasteiger partial charge in [0.15, 0.2) is 0 Å². The zero-order chi connectivity index (χ0) is 15.2. The van der Waals surface area contributed by atoms with Crippen molar-refractivity contribution in [2.45, 2.75) is 39.3 Å². The second kappa shape index (κ2) is 6.89. The van der Waals surface area contributed by atoms with Gasteiger partial charge in [-0.25, -0.2) is 4.79 Å². The van der Waals surface area contributed by atoms with Crippen LogP contribution in [0, 0.1) is 5.41 Å². The second-order valence-corrected chi connectivity index (χ2v) is 5.05. The quantitative estimate of drug-likeness (QED) is 0.520. The van der Waals surface area contributed by atoms with Crippen molar-refractivity contribution in [1.29, 1.82) is 5.41 Å². The van der Waals surface area contributed by atoms with Gasteiger partial charge in [-0.05, 0) is 33.8 Å². The summed E-state index contributed by atoms with van der Waals surface area (Å²) in [6, 6.07) is -0.683. The summed E-state index contributed by atoms with van der Waals surface area (Å²) in [5.41, 5.74) is 4.83. The molecule has 0 aromatic rings. The van der Waals surface area contributed by atoms with E-state index in [1.165, 1.54) is 26.2 Å². The third-order valence-corrected chi connectivity index (χ3v) is 1.92. The van der Waals surface area contributed by atoms with Crippen LogP contribution < -0.4 is 11.1 Å². The van der Waals surface area contributed by atoms with Crippen molar-refractivity contribution in [2.24, 2.45) is 5.73 Å². The Morgan fingerprint density at radius 3 is 2.37 bits per heavy atom. The van der Waals surface area contributed by atoms with Gasteiger partial charge in [0, 0.05) is 13.2 Å². The van der Waals surface area contributed by atoms with E-state index in [1.54, 1.807) is 20.8 Å². The van der Waals surface area contributed by atoms with Gasteiger partial charge in [-0.3, -0.25) is 20.4 Å². The summed E-state index contributed by atoms with van der Waals surface area (Å²) >= 11 is 0. The van der Waals surface area contributed by atoms with Gasteiger partial charge in [-0.1, -0.05) is 0 Å². The normalized spacial score (nSPS) is 12.9. The lowest BCUT2D eigenvalue weighted by molar-refractivity contribution is -0.127. The Labute approximate surface area is 113 Å². The lowest BCUT2D eigenvalue weighted by Crippen LogP contribution is -2.42. The van der Waals surface area contributed by atoms with Crippen LogP contribution in [0.25, 0.3) is 0 Å². The molecule has 4 N–H and O–H groups in total. The number of amidine groups is 1. The van der Waals surface area contributed by atoms with Crippen LogP contribution in [0.5, 0.6) is 0 Å². The molecule has 0 unspecified atom stereocenters. The Kier molecular flexibility index (Phi) is 6.20. The van der Waals surface area contributed by atoms with Crippen molar-refractivity contribution in [3.05, 3.63) is 12.3 Å². The fourth-order valence-electron chi connectivity index (χ4n) is 1.03. The summed E-state index contributed by atoms with van der Waals surface area (Å²) < 4.78 is 4.99. The second-order valence-electron chi connectivity index (χ2n) is 5.05. The standard InChI is InChI=1S/C12H22N4O3/c1-8(13)10(17)16(5)9(14)6-7-15-11(18)19-12(2,3)4/h6-8,14H,13H2,1-5H3,(H,15,18)/b7-6-,14-9?/t8-/m0/s1. The largest absolute Gasteiger partial charge is 0.444 e. The van der Waals surface area contributed by atoms with Gasteiger partial charge in [-0.2, -0.15) is 0 Å². The van der Waals surface area contributed by atoms with Gasteiger partial charge in [0.05, 0.1) is 6.04 Å². The third kappa shape index (κ3) is 7.20. The van der Waals surface area contributed by atoms with E-state index in [2.05, 4.69) is 5.32 Å². The molecule has 108 valence electrons. The number of hydrogen-bond donors (Lipinski definition) is 3. The van der Waals surface area contributed by atoms with E-state index in [-0.39, 0.29) is 11.7 Å². The highest BCUT2D eigenvalue weighted by atomic mass is 16.6. The molecule has 0 aliphatic carbocycles. The molecule has 1 atom stereocenters. The summed E-state index contributed by atoms with van der Waals surface area (Å²) in [4.78, 5) is 23.9. The Balaban J connectivity index is 4.31. The Morgan fingerprint density at radius 1 is 1.42 bits per heavy atom. The monoisotopic (exact) mass is 270 g/mol.